The van der Waals surface area contributed by atoms with Crippen LogP contribution in [0.5, 0.6) is 5.88 Å². The molecule has 1 aromatic rings. The highest BCUT2D eigenvalue weighted by Crippen LogP contribution is 2.15. The van der Waals surface area contributed by atoms with E-state index in [0.717, 1.165) is 18.4 Å². The van der Waals surface area contributed by atoms with Gasteiger partial charge < -0.3 is 9.84 Å². The van der Waals surface area contributed by atoms with Crippen LogP contribution in [0.1, 0.15) is 25.3 Å². The van der Waals surface area contributed by atoms with E-state index in [2.05, 4.69) is 17.1 Å². The number of aliphatic carboxylic acids is 1. The minimum atomic E-state index is -0.860. The number of rotatable bonds is 6. The number of H-pyrrole nitrogens is 1. The number of hydrogen-bond donors (Lipinski definition) is 2. The summed E-state index contributed by atoms with van der Waals surface area (Å²) in [5.74, 6) is -0.269. The summed E-state index contributed by atoms with van der Waals surface area (Å²) in [7, 11) is 0. The Morgan fingerprint density at radius 3 is 3.14 bits per heavy atom. The largest absolute Gasteiger partial charge is 0.481 e. The lowest BCUT2D eigenvalue weighted by molar-refractivity contribution is -0.137. The smallest absolute Gasteiger partial charge is 0.306 e. The molecule has 0 amide bonds. The van der Waals surface area contributed by atoms with E-state index >= 15 is 0 Å². The summed E-state index contributed by atoms with van der Waals surface area (Å²) in [4.78, 5) is 10.2. The quantitative estimate of drug-likeness (QED) is 0.720. The lowest BCUT2D eigenvalue weighted by Crippen LogP contribution is -2.05. The molecule has 0 saturated heterocycles. The van der Waals surface area contributed by atoms with Gasteiger partial charge in [0.25, 0.3) is 0 Å². The number of aryl methyl sites for hydroxylation is 1. The third-order valence-electron chi connectivity index (χ3n) is 1.76. The van der Waals surface area contributed by atoms with E-state index in [4.69, 9.17) is 9.84 Å². The molecule has 0 fully saturated rings. The number of aromatic amines is 1. The third kappa shape index (κ3) is 3.08. The summed E-state index contributed by atoms with van der Waals surface area (Å²) in [6.45, 7) is 2.24. The van der Waals surface area contributed by atoms with Crippen LogP contribution in [0.3, 0.4) is 0 Å². The van der Waals surface area contributed by atoms with Gasteiger partial charge in [0, 0.05) is 5.56 Å². The van der Waals surface area contributed by atoms with Crippen molar-refractivity contribution in [2.45, 2.75) is 26.2 Å². The zero-order valence-corrected chi connectivity index (χ0v) is 8.12. The number of ether oxygens (including phenoxy) is 1. The maximum Gasteiger partial charge on any atom is 0.306 e. The summed E-state index contributed by atoms with van der Waals surface area (Å²) < 4.78 is 5.24. The number of carboxylic acids is 1. The van der Waals surface area contributed by atoms with E-state index in [1.54, 1.807) is 6.20 Å². The van der Waals surface area contributed by atoms with Crippen LogP contribution in [-0.2, 0) is 11.2 Å². The van der Waals surface area contributed by atoms with Gasteiger partial charge in [-0.3, -0.25) is 4.79 Å². The van der Waals surface area contributed by atoms with Gasteiger partial charge in [0.1, 0.15) is 6.61 Å². The molecule has 1 aromatic heterocycles. The van der Waals surface area contributed by atoms with Gasteiger partial charge in [-0.25, -0.2) is 5.10 Å². The predicted molar refractivity (Wildman–Crippen MR) is 50.3 cm³/mol. The second kappa shape index (κ2) is 5.26. The topological polar surface area (TPSA) is 75.2 Å². The zero-order chi connectivity index (χ0) is 10.4. The van der Waals surface area contributed by atoms with Crippen molar-refractivity contribution in [1.29, 1.82) is 0 Å². The Morgan fingerprint density at radius 1 is 1.71 bits per heavy atom. The Bertz CT molecular complexity index is 296. The highest BCUT2D eigenvalue weighted by molar-refractivity contribution is 5.66. The first-order chi connectivity index (χ1) is 6.74. The monoisotopic (exact) mass is 198 g/mol. The molecule has 1 rings (SSSR count). The molecular formula is C9H14N2O3. The standard InChI is InChI=1S/C9H14N2O3/c1-2-3-7-6-10-11-9(7)14-5-4-8(12)13/h6H,2-5H2,1H3,(H,10,11)(H,12,13). The average molecular weight is 198 g/mol. The fourth-order valence-corrected chi connectivity index (χ4v) is 1.11. The fraction of sp³-hybridized carbons (Fsp3) is 0.556. The normalized spacial score (nSPS) is 10.1. The molecule has 0 aliphatic rings. The van der Waals surface area contributed by atoms with Crippen LogP contribution in [-0.4, -0.2) is 27.9 Å². The highest BCUT2D eigenvalue weighted by Gasteiger charge is 2.05. The van der Waals surface area contributed by atoms with Crippen molar-refractivity contribution in [1.82, 2.24) is 10.2 Å². The molecule has 0 aliphatic carbocycles. The Labute approximate surface area is 82.1 Å². The number of aromatic nitrogens is 2. The molecule has 0 radical (unpaired) electrons. The van der Waals surface area contributed by atoms with Crippen LogP contribution >= 0.6 is 0 Å². The van der Waals surface area contributed by atoms with Gasteiger partial charge in [-0.1, -0.05) is 13.3 Å². The predicted octanol–water partition coefficient (Wildman–Crippen LogP) is 1.22. The van der Waals surface area contributed by atoms with Gasteiger partial charge in [0.15, 0.2) is 0 Å². The van der Waals surface area contributed by atoms with Gasteiger partial charge in [0.2, 0.25) is 5.88 Å². The summed E-state index contributed by atoms with van der Waals surface area (Å²) in [5, 5.41) is 14.9. The molecule has 0 aromatic carbocycles. The summed E-state index contributed by atoms with van der Waals surface area (Å²) >= 11 is 0. The molecule has 0 aliphatic heterocycles. The molecule has 0 unspecified atom stereocenters. The van der Waals surface area contributed by atoms with E-state index in [9.17, 15) is 4.79 Å². The molecule has 0 atom stereocenters. The zero-order valence-electron chi connectivity index (χ0n) is 8.12. The van der Waals surface area contributed by atoms with Gasteiger partial charge in [0.05, 0.1) is 12.6 Å². The van der Waals surface area contributed by atoms with Crippen molar-refractivity contribution >= 4 is 5.97 Å². The summed E-state index contributed by atoms with van der Waals surface area (Å²) in [5.41, 5.74) is 0.998. The number of carboxylic acid groups (broad SMARTS) is 1. The van der Waals surface area contributed by atoms with Crippen molar-refractivity contribution in [2.75, 3.05) is 6.61 Å². The van der Waals surface area contributed by atoms with E-state index in [1.807, 2.05) is 0 Å². The minimum Gasteiger partial charge on any atom is -0.481 e. The van der Waals surface area contributed by atoms with Crippen LogP contribution in [0.25, 0.3) is 0 Å². The van der Waals surface area contributed by atoms with Gasteiger partial charge in [-0.15, -0.1) is 0 Å². The molecular weight excluding hydrogens is 184 g/mol. The lowest BCUT2D eigenvalue weighted by atomic mass is 10.2. The molecule has 1 heterocycles. The average Bonchev–Trinajstić information content (AvgIpc) is 2.53. The van der Waals surface area contributed by atoms with Crippen molar-refractivity contribution in [3.05, 3.63) is 11.8 Å². The molecule has 5 nitrogen and oxygen atoms in total. The Balaban J connectivity index is 2.41. The molecule has 0 saturated carbocycles. The maximum atomic E-state index is 10.2. The van der Waals surface area contributed by atoms with Crippen LogP contribution in [0, 0.1) is 0 Å². The van der Waals surface area contributed by atoms with Gasteiger partial charge in [-0.2, -0.15) is 5.10 Å². The van der Waals surface area contributed by atoms with Gasteiger partial charge in [-0.05, 0) is 6.42 Å². The first-order valence-corrected chi connectivity index (χ1v) is 4.61. The summed E-state index contributed by atoms with van der Waals surface area (Å²) in [6.07, 6.45) is 3.61. The van der Waals surface area contributed by atoms with E-state index in [-0.39, 0.29) is 13.0 Å². The van der Waals surface area contributed by atoms with E-state index < -0.39 is 5.97 Å². The van der Waals surface area contributed by atoms with E-state index in [1.165, 1.54) is 0 Å². The van der Waals surface area contributed by atoms with E-state index in [0.29, 0.717) is 5.88 Å². The fourth-order valence-electron chi connectivity index (χ4n) is 1.11. The van der Waals surface area contributed by atoms with Crippen molar-refractivity contribution in [3.8, 4) is 5.88 Å². The van der Waals surface area contributed by atoms with Crippen LogP contribution in [0.2, 0.25) is 0 Å². The SMILES string of the molecule is CCCc1cn[nH]c1OCCC(=O)O. The number of carbonyl (C=O) groups is 1. The molecule has 78 valence electrons. The molecule has 0 bridgehead atoms. The number of nitrogens with one attached hydrogen (secondary N) is 1. The van der Waals surface area contributed by atoms with Crippen molar-refractivity contribution in [3.63, 3.8) is 0 Å². The molecule has 0 spiro atoms. The van der Waals surface area contributed by atoms with Crippen LogP contribution < -0.4 is 4.74 Å². The Kier molecular flexibility index (Phi) is 3.97. The molecule has 14 heavy (non-hydrogen) atoms. The first kappa shape index (κ1) is 10.6. The van der Waals surface area contributed by atoms with Gasteiger partial charge >= 0.3 is 5.97 Å². The second-order valence-electron chi connectivity index (χ2n) is 2.97. The van der Waals surface area contributed by atoms with Crippen LogP contribution in [0.4, 0.5) is 0 Å². The molecule has 5 heteroatoms. The Morgan fingerprint density at radius 2 is 2.50 bits per heavy atom. The third-order valence-corrected chi connectivity index (χ3v) is 1.76. The van der Waals surface area contributed by atoms with Crippen molar-refractivity contribution in [2.24, 2.45) is 0 Å². The maximum absolute atomic E-state index is 10.2. The molecule has 2 N–H and O–H groups in total. The Hall–Kier alpha value is -1.52. The van der Waals surface area contributed by atoms with Crippen LogP contribution in [0.15, 0.2) is 6.20 Å². The first-order valence-electron chi connectivity index (χ1n) is 4.61. The second-order valence-corrected chi connectivity index (χ2v) is 2.97. The lowest BCUT2D eigenvalue weighted by Gasteiger charge is -2.03. The summed E-state index contributed by atoms with van der Waals surface area (Å²) in [6, 6.07) is 0. The number of hydrogen-bond acceptors (Lipinski definition) is 3. The minimum absolute atomic E-state index is 0.00455. The highest BCUT2D eigenvalue weighted by atomic mass is 16.5. The number of nitrogens with zero attached hydrogens (tertiary/aromatic N) is 1. The van der Waals surface area contributed by atoms with Crippen molar-refractivity contribution < 1.29 is 14.6 Å².